The Balaban J connectivity index is 2.13. The lowest BCUT2D eigenvalue weighted by molar-refractivity contribution is -0.121. The number of amides is 1. The number of aromatic nitrogens is 2. The zero-order chi connectivity index (χ0) is 13.8. The van der Waals surface area contributed by atoms with Crippen molar-refractivity contribution in [2.75, 3.05) is 11.9 Å². The second-order valence-corrected chi connectivity index (χ2v) is 4.26. The van der Waals surface area contributed by atoms with Gasteiger partial charge in [-0.25, -0.2) is 14.8 Å². The SMILES string of the molecule is CCC1OCCC1C(=O)Nc1nccnc1C(=O)O. The number of carbonyl (C=O) groups is 2. The fourth-order valence-electron chi connectivity index (χ4n) is 2.15. The highest BCUT2D eigenvalue weighted by atomic mass is 16.5. The molecular formula is C12H15N3O4. The number of carboxylic acids is 1. The average Bonchev–Trinajstić information content (AvgIpc) is 2.87. The zero-order valence-electron chi connectivity index (χ0n) is 10.5. The third kappa shape index (κ3) is 2.87. The summed E-state index contributed by atoms with van der Waals surface area (Å²) in [5, 5.41) is 11.5. The van der Waals surface area contributed by atoms with E-state index in [1.807, 2.05) is 6.92 Å². The minimum absolute atomic E-state index is 0.0262. The molecule has 2 atom stereocenters. The Morgan fingerprint density at radius 3 is 2.89 bits per heavy atom. The molecule has 1 saturated heterocycles. The molecule has 1 aromatic rings. The zero-order valence-corrected chi connectivity index (χ0v) is 10.5. The lowest BCUT2D eigenvalue weighted by Gasteiger charge is -2.16. The first-order valence-electron chi connectivity index (χ1n) is 6.10. The lowest BCUT2D eigenvalue weighted by atomic mass is 9.99. The van der Waals surface area contributed by atoms with Crippen LogP contribution in [0.4, 0.5) is 5.82 Å². The Morgan fingerprint density at radius 2 is 2.21 bits per heavy atom. The van der Waals surface area contributed by atoms with Crippen molar-refractivity contribution >= 4 is 17.7 Å². The van der Waals surface area contributed by atoms with Gasteiger partial charge in [-0.2, -0.15) is 0 Å². The molecule has 2 rings (SSSR count). The van der Waals surface area contributed by atoms with E-state index in [1.165, 1.54) is 12.4 Å². The minimum Gasteiger partial charge on any atom is -0.476 e. The average molecular weight is 265 g/mol. The monoisotopic (exact) mass is 265 g/mol. The highest BCUT2D eigenvalue weighted by Crippen LogP contribution is 2.24. The highest BCUT2D eigenvalue weighted by Gasteiger charge is 2.33. The molecular weight excluding hydrogens is 250 g/mol. The molecule has 2 unspecified atom stereocenters. The number of nitrogens with one attached hydrogen (secondary N) is 1. The van der Waals surface area contributed by atoms with Crippen molar-refractivity contribution in [1.29, 1.82) is 0 Å². The van der Waals surface area contributed by atoms with Gasteiger partial charge in [-0.3, -0.25) is 4.79 Å². The third-order valence-corrected chi connectivity index (χ3v) is 3.09. The number of hydrogen-bond acceptors (Lipinski definition) is 5. The molecule has 0 saturated carbocycles. The summed E-state index contributed by atoms with van der Waals surface area (Å²) in [5.41, 5.74) is -0.261. The molecule has 0 radical (unpaired) electrons. The van der Waals surface area contributed by atoms with E-state index in [2.05, 4.69) is 15.3 Å². The topological polar surface area (TPSA) is 101 Å². The summed E-state index contributed by atoms with van der Waals surface area (Å²) in [5.74, 6) is -1.79. The van der Waals surface area contributed by atoms with Gasteiger partial charge in [-0.15, -0.1) is 0 Å². The van der Waals surface area contributed by atoms with Gasteiger partial charge in [-0.1, -0.05) is 6.92 Å². The van der Waals surface area contributed by atoms with Gasteiger partial charge in [-0.05, 0) is 12.8 Å². The number of nitrogens with zero attached hydrogens (tertiary/aromatic N) is 2. The molecule has 2 heterocycles. The highest BCUT2D eigenvalue weighted by molar-refractivity contribution is 5.98. The van der Waals surface area contributed by atoms with Crippen LogP contribution in [0.25, 0.3) is 0 Å². The molecule has 1 aliphatic heterocycles. The first kappa shape index (κ1) is 13.4. The number of carboxylic acid groups (broad SMARTS) is 1. The van der Waals surface area contributed by atoms with Crippen molar-refractivity contribution in [3.05, 3.63) is 18.1 Å². The van der Waals surface area contributed by atoms with E-state index < -0.39 is 5.97 Å². The second-order valence-electron chi connectivity index (χ2n) is 4.26. The van der Waals surface area contributed by atoms with Gasteiger partial charge >= 0.3 is 5.97 Å². The quantitative estimate of drug-likeness (QED) is 0.839. The number of aromatic carboxylic acids is 1. The Kier molecular flexibility index (Phi) is 4.06. The van der Waals surface area contributed by atoms with Crippen LogP contribution in [-0.4, -0.2) is 39.7 Å². The van der Waals surface area contributed by atoms with Crippen LogP contribution in [0, 0.1) is 5.92 Å². The number of rotatable bonds is 4. The van der Waals surface area contributed by atoms with Crippen molar-refractivity contribution < 1.29 is 19.4 Å². The fourth-order valence-corrected chi connectivity index (χ4v) is 2.15. The normalized spacial score (nSPS) is 22.2. The summed E-state index contributed by atoms with van der Waals surface area (Å²) in [6.45, 7) is 2.49. The molecule has 0 bridgehead atoms. The first-order valence-corrected chi connectivity index (χ1v) is 6.10. The summed E-state index contributed by atoms with van der Waals surface area (Å²) < 4.78 is 5.44. The molecule has 0 aliphatic carbocycles. The van der Waals surface area contributed by atoms with E-state index in [1.54, 1.807) is 0 Å². The summed E-state index contributed by atoms with van der Waals surface area (Å²) in [6.07, 6.45) is 3.86. The molecule has 1 fully saturated rings. The second kappa shape index (κ2) is 5.75. The van der Waals surface area contributed by atoms with Crippen LogP contribution in [0.15, 0.2) is 12.4 Å². The predicted molar refractivity (Wildman–Crippen MR) is 65.8 cm³/mol. The molecule has 1 amide bonds. The van der Waals surface area contributed by atoms with Crippen molar-refractivity contribution in [3.8, 4) is 0 Å². The summed E-state index contributed by atoms with van der Waals surface area (Å²) in [4.78, 5) is 30.6. The van der Waals surface area contributed by atoms with Crippen molar-refractivity contribution in [2.24, 2.45) is 5.92 Å². The van der Waals surface area contributed by atoms with Gasteiger partial charge in [0.2, 0.25) is 5.91 Å². The molecule has 2 N–H and O–H groups in total. The Bertz CT molecular complexity index is 492. The molecule has 19 heavy (non-hydrogen) atoms. The first-order chi connectivity index (χ1) is 9.13. The van der Waals surface area contributed by atoms with Crippen LogP contribution in [0.1, 0.15) is 30.3 Å². The third-order valence-electron chi connectivity index (χ3n) is 3.09. The number of ether oxygens (including phenoxy) is 1. The van der Waals surface area contributed by atoms with Gasteiger partial charge < -0.3 is 15.2 Å². The smallest absolute Gasteiger partial charge is 0.358 e. The van der Waals surface area contributed by atoms with Crippen LogP contribution in [-0.2, 0) is 9.53 Å². The molecule has 1 aliphatic rings. The van der Waals surface area contributed by atoms with Gasteiger partial charge in [0.05, 0.1) is 12.0 Å². The standard InChI is InChI=1S/C12H15N3O4/c1-2-8-7(3-6-19-8)11(16)15-10-9(12(17)18)13-4-5-14-10/h4-5,7-8H,2-3,6H2,1H3,(H,17,18)(H,14,15,16). The predicted octanol–water partition coefficient (Wildman–Crippen LogP) is 0.928. The molecule has 0 aromatic carbocycles. The fraction of sp³-hybridized carbons (Fsp3) is 0.500. The summed E-state index contributed by atoms with van der Waals surface area (Å²) in [6, 6.07) is 0. The minimum atomic E-state index is -1.22. The maximum absolute atomic E-state index is 12.1. The Labute approximate surface area is 110 Å². The van der Waals surface area contributed by atoms with Gasteiger partial charge in [0.15, 0.2) is 11.5 Å². The number of carbonyl (C=O) groups excluding carboxylic acids is 1. The maximum atomic E-state index is 12.1. The number of anilines is 1. The van der Waals surface area contributed by atoms with E-state index in [4.69, 9.17) is 9.84 Å². The molecule has 0 spiro atoms. The van der Waals surface area contributed by atoms with Crippen LogP contribution >= 0.6 is 0 Å². The van der Waals surface area contributed by atoms with E-state index in [0.717, 1.165) is 6.42 Å². The van der Waals surface area contributed by atoms with E-state index in [-0.39, 0.29) is 29.4 Å². The number of hydrogen-bond donors (Lipinski definition) is 2. The van der Waals surface area contributed by atoms with Crippen LogP contribution in [0.2, 0.25) is 0 Å². The van der Waals surface area contributed by atoms with Crippen LogP contribution in [0.5, 0.6) is 0 Å². The largest absolute Gasteiger partial charge is 0.476 e. The maximum Gasteiger partial charge on any atom is 0.358 e. The molecule has 7 heteroatoms. The van der Waals surface area contributed by atoms with Crippen molar-refractivity contribution in [3.63, 3.8) is 0 Å². The van der Waals surface area contributed by atoms with E-state index >= 15 is 0 Å². The van der Waals surface area contributed by atoms with Gasteiger partial charge in [0.1, 0.15) is 0 Å². The van der Waals surface area contributed by atoms with Crippen molar-refractivity contribution in [1.82, 2.24) is 9.97 Å². The van der Waals surface area contributed by atoms with Gasteiger partial charge in [0, 0.05) is 19.0 Å². The molecule has 7 nitrogen and oxygen atoms in total. The molecule has 1 aromatic heterocycles. The van der Waals surface area contributed by atoms with E-state index in [9.17, 15) is 9.59 Å². The van der Waals surface area contributed by atoms with Crippen molar-refractivity contribution in [2.45, 2.75) is 25.9 Å². The van der Waals surface area contributed by atoms with Crippen LogP contribution in [0.3, 0.4) is 0 Å². The van der Waals surface area contributed by atoms with Gasteiger partial charge in [0.25, 0.3) is 0 Å². The van der Waals surface area contributed by atoms with Crippen LogP contribution < -0.4 is 5.32 Å². The summed E-state index contributed by atoms with van der Waals surface area (Å²) in [7, 11) is 0. The Morgan fingerprint density at radius 1 is 1.47 bits per heavy atom. The molecule has 102 valence electrons. The van der Waals surface area contributed by atoms with E-state index in [0.29, 0.717) is 13.0 Å². The Hall–Kier alpha value is -2.02. The summed E-state index contributed by atoms with van der Waals surface area (Å²) >= 11 is 0. The lowest BCUT2D eigenvalue weighted by Crippen LogP contribution is -2.30.